The van der Waals surface area contributed by atoms with Crippen LogP contribution in [-0.4, -0.2) is 37.7 Å². The first-order valence-corrected chi connectivity index (χ1v) is 10.5. The summed E-state index contributed by atoms with van der Waals surface area (Å²) in [4.78, 5) is 24.5. The average Bonchev–Trinajstić information content (AvgIpc) is 3.19. The van der Waals surface area contributed by atoms with E-state index in [0.29, 0.717) is 23.5 Å². The number of nitrogens with one attached hydrogen (secondary N) is 2. The third-order valence-electron chi connectivity index (χ3n) is 4.18. The summed E-state index contributed by atoms with van der Waals surface area (Å²) in [6.07, 6.45) is 2.08. The molecule has 1 heterocycles. The lowest BCUT2D eigenvalue weighted by molar-refractivity contribution is -0.118. The minimum atomic E-state index is -0.313. The van der Waals surface area contributed by atoms with Gasteiger partial charge in [0, 0.05) is 28.9 Å². The molecule has 0 radical (unpaired) electrons. The molecule has 2 amide bonds. The molecular weight excluding hydrogens is 492 g/mol. The number of anilines is 1. The van der Waals surface area contributed by atoms with Crippen LogP contribution in [0.3, 0.4) is 0 Å². The number of hydrogen-bond acceptors (Lipinski definition) is 4. The molecule has 1 saturated heterocycles. The zero-order valence-corrected chi connectivity index (χ0v) is 18.2. The number of halogens is 2. The molecule has 6 nitrogen and oxygen atoms in total. The van der Waals surface area contributed by atoms with Crippen molar-refractivity contribution < 1.29 is 19.1 Å². The molecule has 148 valence electrons. The van der Waals surface area contributed by atoms with Crippen LogP contribution in [0.5, 0.6) is 5.75 Å². The van der Waals surface area contributed by atoms with Gasteiger partial charge in [-0.25, -0.2) is 0 Å². The number of ether oxygens (including phenoxy) is 2. The summed E-state index contributed by atoms with van der Waals surface area (Å²) in [5.41, 5.74) is 1.01. The van der Waals surface area contributed by atoms with Gasteiger partial charge in [0.15, 0.2) is 6.61 Å². The summed E-state index contributed by atoms with van der Waals surface area (Å²) in [6.45, 7) is 1.10. The Kier molecular flexibility index (Phi) is 7.47. The quantitative estimate of drug-likeness (QED) is 0.585. The van der Waals surface area contributed by atoms with E-state index in [4.69, 9.17) is 9.47 Å². The smallest absolute Gasteiger partial charge is 0.262 e. The van der Waals surface area contributed by atoms with Gasteiger partial charge in [0.25, 0.3) is 11.8 Å². The van der Waals surface area contributed by atoms with Crippen LogP contribution in [0, 0.1) is 0 Å². The van der Waals surface area contributed by atoms with Crippen LogP contribution in [0.25, 0.3) is 0 Å². The molecule has 8 heteroatoms. The lowest BCUT2D eigenvalue weighted by atomic mass is 10.1. The summed E-state index contributed by atoms with van der Waals surface area (Å²) >= 11 is 6.75. The zero-order chi connectivity index (χ0) is 19.9. The van der Waals surface area contributed by atoms with Crippen molar-refractivity contribution in [2.24, 2.45) is 0 Å². The first-order chi connectivity index (χ1) is 13.5. The van der Waals surface area contributed by atoms with Crippen LogP contribution in [0.1, 0.15) is 23.2 Å². The van der Waals surface area contributed by atoms with Gasteiger partial charge in [-0.2, -0.15) is 0 Å². The molecule has 0 spiro atoms. The highest BCUT2D eigenvalue weighted by Crippen LogP contribution is 2.28. The molecule has 0 aromatic heterocycles. The van der Waals surface area contributed by atoms with E-state index in [1.54, 1.807) is 30.3 Å². The molecule has 1 aliphatic rings. The van der Waals surface area contributed by atoms with Gasteiger partial charge in [-0.1, -0.05) is 22.0 Å². The van der Waals surface area contributed by atoms with Crippen LogP contribution in [0.2, 0.25) is 0 Å². The Morgan fingerprint density at radius 2 is 2.04 bits per heavy atom. The summed E-state index contributed by atoms with van der Waals surface area (Å²) in [7, 11) is 0. The van der Waals surface area contributed by atoms with Crippen LogP contribution < -0.4 is 15.4 Å². The maximum Gasteiger partial charge on any atom is 0.262 e. The van der Waals surface area contributed by atoms with Gasteiger partial charge >= 0.3 is 0 Å². The molecule has 1 unspecified atom stereocenters. The Labute approximate surface area is 180 Å². The van der Waals surface area contributed by atoms with E-state index in [0.717, 1.165) is 28.4 Å². The van der Waals surface area contributed by atoms with Gasteiger partial charge in [-0.05, 0) is 65.2 Å². The predicted molar refractivity (Wildman–Crippen MR) is 114 cm³/mol. The highest BCUT2D eigenvalue weighted by molar-refractivity contribution is 9.11. The zero-order valence-electron chi connectivity index (χ0n) is 15.0. The van der Waals surface area contributed by atoms with Crippen molar-refractivity contribution >= 4 is 49.4 Å². The van der Waals surface area contributed by atoms with E-state index in [1.807, 2.05) is 12.1 Å². The Morgan fingerprint density at radius 1 is 1.18 bits per heavy atom. The Morgan fingerprint density at radius 3 is 2.79 bits per heavy atom. The first-order valence-electron chi connectivity index (χ1n) is 8.89. The number of carbonyl (C=O) groups excluding carboxylic acids is 2. The van der Waals surface area contributed by atoms with Crippen LogP contribution >= 0.6 is 31.9 Å². The van der Waals surface area contributed by atoms with E-state index in [1.165, 1.54) is 0 Å². The van der Waals surface area contributed by atoms with Crippen molar-refractivity contribution in [2.75, 3.05) is 25.1 Å². The second kappa shape index (κ2) is 10.0. The van der Waals surface area contributed by atoms with Gasteiger partial charge in [0.05, 0.1) is 10.6 Å². The van der Waals surface area contributed by atoms with Crippen molar-refractivity contribution in [3.63, 3.8) is 0 Å². The Bertz CT molecular complexity index is 854. The highest BCUT2D eigenvalue weighted by atomic mass is 79.9. The Balaban J connectivity index is 1.51. The predicted octanol–water partition coefficient (Wildman–Crippen LogP) is 4.14. The fourth-order valence-electron chi connectivity index (χ4n) is 2.78. The van der Waals surface area contributed by atoms with Crippen molar-refractivity contribution in [3.8, 4) is 5.75 Å². The first kappa shape index (κ1) is 20.8. The minimum absolute atomic E-state index is 0.0851. The normalized spacial score (nSPS) is 15.9. The number of amides is 2. The molecule has 1 fully saturated rings. The average molecular weight is 512 g/mol. The lowest BCUT2D eigenvalue weighted by Gasteiger charge is -2.12. The molecule has 0 saturated carbocycles. The molecule has 3 rings (SSSR count). The van der Waals surface area contributed by atoms with Crippen molar-refractivity contribution in [1.82, 2.24) is 5.32 Å². The molecule has 1 atom stereocenters. The monoisotopic (exact) mass is 510 g/mol. The SMILES string of the molecule is O=C(COc1ccc(Br)cc1Br)Nc1cccc(C(=O)NCC2CCCO2)c1. The van der Waals surface area contributed by atoms with Gasteiger partial charge in [-0.3, -0.25) is 9.59 Å². The van der Waals surface area contributed by atoms with Crippen molar-refractivity contribution in [1.29, 1.82) is 0 Å². The molecule has 2 aromatic rings. The topological polar surface area (TPSA) is 76.7 Å². The van der Waals surface area contributed by atoms with Gasteiger partial charge < -0.3 is 20.1 Å². The number of benzene rings is 2. The van der Waals surface area contributed by atoms with E-state index in [-0.39, 0.29) is 24.5 Å². The molecular formula is C20H20Br2N2O4. The van der Waals surface area contributed by atoms with Gasteiger partial charge in [0.2, 0.25) is 0 Å². The summed E-state index contributed by atoms with van der Waals surface area (Å²) in [5, 5.41) is 5.61. The maximum atomic E-state index is 12.3. The van der Waals surface area contributed by atoms with Gasteiger partial charge in [-0.15, -0.1) is 0 Å². The third kappa shape index (κ3) is 6.05. The van der Waals surface area contributed by atoms with Gasteiger partial charge in [0.1, 0.15) is 5.75 Å². The van der Waals surface area contributed by atoms with E-state index >= 15 is 0 Å². The van der Waals surface area contributed by atoms with E-state index < -0.39 is 0 Å². The molecule has 2 aromatic carbocycles. The molecule has 2 N–H and O–H groups in total. The van der Waals surface area contributed by atoms with Crippen LogP contribution in [-0.2, 0) is 9.53 Å². The largest absolute Gasteiger partial charge is 0.483 e. The number of carbonyl (C=O) groups is 2. The standard InChI is InChI=1S/C20H20Br2N2O4/c21-14-6-7-18(17(22)10-14)28-12-19(25)24-15-4-1-3-13(9-15)20(26)23-11-16-5-2-8-27-16/h1,3-4,6-7,9-10,16H,2,5,8,11-12H2,(H,23,26)(H,24,25). The van der Waals surface area contributed by atoms with Crippen LogP contribution in [0.4, 0.5) is 5.69 Å². The molecule has 0 aliphatic carbocycles. The fraction of sp³-hybridized carbons (Fsp3) is 0.300. The third-order valence-corrected chi connectivity index (χ3v) is 5.29. The van der Waals surface area contributed by atoms with Crippen LogP contribution in [0.15, 0.2) is 51.4 Å². The lowest BCUT2D eigenvalue weighted by Crippen LogP contribution is -2.31. The second-order valence-electron chi connectivity index (χ2n) is 6.34. The molecule has 0 bridgehead atoms. The van der Waals surface area contributed by atoms with Crippen molar-refractivity contribution in [2.45, 2.75) is 18.9 Å². The highest BCUT2D eigenvalue weighted by Gasteiger charge is 2.17. The minimum Gasteiger partial charge on any atom is -0.483 e. The number of hydrogen-bond donors (Lipinski definition) is 2. The van der Waals surface area contributed by atoms with Crippen molar-refractivity contribution in [3.05, 3.63) is 57.0 Å². The summed E-state index contributed by atoms with van der Waals surface area (Å²) in [6, 6.07) is 12.2. The van der Waals surface area contributed by atoms with E-state index in [9.17, 15) is 9.59 Å². The second-order valence-corrected chi connectivity index (χ2v) is 8.11. The number of rotatable bonds is 7. The summed E-state index contributed by atoms with van der Waals surface area (Å²) in [5.74, 6) is 0.0639. The Hall–Kier alpha value is -1.90. The maximum absolute atomic E-state index is 12.3. The van der Waals surface area contributed by atoms with E-state index in [2.05, 4.69) is 42.5 Å². The molecule has 1 aliphatic heterocycles. The molecule has 28 heavy (non-hydrogen) atoms. The summed E-state index contributed by atoms with van der Waals surface area (Å²) < 4.78 is 12.7. The fourth-order valence-corrected chi connectivity index (χ4v) is 3.95.